The van der Waals surface area contributed by atoms with Crippen LogP contribution in [0.5, 0.6) is 0 Å². The molecule has 0 bridgehead atoms. The maximum atomic E-state index is 12.3. The van der Waals surface area contributed by atoms with Crippen molar-refractivity contribution in [1.82, 2.24) is 0 Å². The van der Waals surface area contributed by atoms with Crippen LogP contribution in [0.4, 0.5) is 0 Å². The summed E-state index contributed by atoms with van der Waals surface area (Å²) in [4.78, 5) is 22.8. The Labute approximate surface area is 184 Å². The monoisotopic (exact) mass is 426 g/mol. The number of ketones is 1. The number of allylic oxidation sites excluding steroid dienone is 2. The number of rotatable bonds is 11. The number of fused-ring (bicyclic) bond motifs is 1. The van der Waals surface area contributed by atoms with Crippen molar-refractivity contribution in [3.8, 4) is 0 Å². The van der Waals surface area contributed by atoms with E-state index >= 15 is 0 Å². The van der Waals surface area contributed by atoms with Crippen LogP contribution in [0, 0.1) is 17.8 Å². The number of aliphatic hydroxyl groups excluding tert-OH is 2. The number of aliphatic carboxylic acids is 1. The SMILES string of the molecule is O=C(O)CCCC=CC[C@H]1C(=O)C[C@@H](O)[C@@H]1C=C[C@@H](O)CCC1Cc2ccccc2C1. The van der Waals surface area contributed by atoms with Gasteiger partial charge >= 0.3 is 5.97 Å². The summed E-state index contributed by atoms with van der Waals surface area (Å²) in [6.45, 7) is 0. The van der Waals surface area contributed by atoms with Crippen molar-refractivity contribution in [3.05, 3.63) is 59.7 Å². The molecule has 0 unspecified atom stereocenters. The third kappa shape index (κ3) is 6.88. The normalized spacial score (nSPS) is 25.0. The van der Waals surface area contributed by atoms with Gasteiger partial charge in [-0.1, -0.05) is 48.6 Å². The van der Waals surface area contributed by atoms with E-state index in [4.69, 9.17) is 5.11 Å². The number of benzene rings is 1. The predicted octanol–water partition coefficient (Wildman–Crippen LogP) is 3.87. The summed E-state index contributed by atoms with van der Waals surface area (Å²) in [5.41, 5.74) is 2.84. The van der Waals surface area contributed by atoms with Gasteiger partial charge in [0.2, 0.25) is 0 Å². The molecule has 2 aliphatic rings. The molecular formula is C26H34O5. The van der Waals surface area contributed by atoms with Crippen LogP contribution < -0.4 is 0 Å². The lowest BCUT2D eigenvalue weighted by Crippen LogP contribution is -2.19. The number of carbonyl (C=O) groups is 2. The van der Waals surface area contributed by atoms with Gasteiger partial charge in [-0.3, -0.25) is 9.59 Å². The van der Waals surface area contributed by atoms with Crippen LogP contribution >= 0.6 is 0 Å². The molecule has 0 aromatic heterocycles. The molecule has 4 atom stereocenters. The fourth-order valence-electron chi connectivity index (χ4n) is 4.87. The molecule has 1 aromatic rings. The van der Waals surface area contributed by atoms with Gasteiger partial charge in [-0.05, 0) is 62.0 Å². The van der Waals surface area contributed by atoms with Gasteiger partial charge in [-0.25, -0.2) is 0 Å². The highest BCUT2D eigenvalue weighted by Crippen LogP contribution is 2.34. The van der Waals surface area contributed by atoms with E-state index in [0.29, 0.717) is 31.6 Å². The first-order valence-electron chi connectivity index (χ1n) is 11.4. The molecule has 3 N–H and O–H groups in total. The minimum absolute atomic E-state index is 0.0514. The van der Waals surface area contributed by atoms with Crippen molar-refractivity contribution in [1.29, 1.82) is 0 Å². The van der Waals surface area contributed by atoms with Gasteiger partial charge in [0, 0.05) is 24.7 Å². The van der Waals surface area contributed by atoms with Crippen molar-refractivity contribution in [2.45, 2.75) is 70.0 Å². The molecule has 0 aliphatic heterocycles. The number of hydrogen-bond donors (Lipinski definition) is 3. The Morgan fingerprint density at radius 3 is 2.52 bits per heavy atom. The van der Waals surface area contributed by atoms with E-state index in [1.807, 2.05) is 18.2 Å². The topological polar surface area (TPSA) is 94.8 Å². The summed E-state index contributed by atoms with van der Waals surface area (Å²) < 4.78 is 0. The molecule has 0 spiro atoms. The molecule has 3 rings (SSSR count). The molecule has 0 amide bonds. The number of hydrogen-bond acceptors (Lipinski definition) is 4. The summed E-state index contributed by atoms with van der Waals surface area (Å²) in [5, 5.41) is 29.4. The zero-order chi connectivity index (χ0) is 22.2. The largest absolute Gasteiger partial charge is 0.481 e. The second kappa shape index (κ2) is 11.4. The van der Waals surface area contributed by atoms with Crippen molar-refractivity contribution >= 4 is 11.8 Å². The summed E-state index contributed by atoms with van der Waals surface area (Å²) in [7, 11) is 0. The first kappa shape index (κ1) is 23.4. The zero-order valence-electron chi connectivity index (χ0n) is 18.0. The van der Waals surface area contributed by atoms with Gasteiger partial charge in [0.15, 0.2) is 0 Å². The van der Waals surface area contributed by atoms with Crippen molar-refractivity contribution in [2.75, 3.05) is 0 Å². The van der Waals surface area contributed by atoms with Gasteiger partial charge in [-0.15, -0.1) is 0 Å². The Kier molecular flexibility index (Phi) is 8.61. The fraction of sp³-hybridized carbons (Fsp3) is 0.538. The van der Waals surface area contributed by atoms with Gasteiger partial charge in [0.25, 0.3) is 0 Å². The molecule has 2 aliphatic carbocycles. The lowest BCUT2D eigenvalue weighted by atomic mass is 9.89. The van der Waals surface area contributed by atoms with Gasteiger partial charge in [-0.2, -0.15) is 0 Å². The first-order chi connectivity index (χ1) is 14.9. The Morgan fingerprint density at radius 2 is 1.84 bits per heavy atom. The number of Topliss-reactive ketones (excluding diaryl/α,β-unsaturated/α-hetero) is 1. The third-order valence-corrected chi connectivity index (χ3v) is 6.61. The smallest absolute Gasteiger partial charge is 0.303 e. The number of aliphatic hydroxyl groups is 2. The Balaban J connectivity index is 1.44. The molecule has 1 aromatic carbocycles. The van der Waals surface area contributed by atoms with Crippen LogP contribution in [0.2, 0.25) is 0 Å². The maximum absolute atomic E-state index is 12.3. The summed E-state index contributed by atoms with van der Waals surface area (Å²) in [6, 6.07) is 8.53. The molecule has 5 nitrogen and oxygen atoms in total. The molecule has 1 fully saturated rings. The van der Waals surface area contributed by atoms with E-state index in [0.717, 1.165) is 19.3 Å². The van der Waals surface area contributed by atoms with Crippen molar-refractivity contribution in [2.24, 2.45) is 17.8 Å². The van der Waals surface area contributed by atoms with Crippen LogP contribution in [0.15, 0.2) is 48.6 Å². The van der Waals surface area contributed by atoms with Crippen LogP contribution in [-0.2, 0) is 22.4 Å². The number of carbonyl (C=O) groups excluding carboxylic acids is 1. The van der Waals surface area contributed by atoms with Crippen molar-refractivity contribution in [3.63, 3.8) is 0 Å². The molecule has 31 heavy (non-hydrogen) atoms. The van der Waals surface area contributed by atoms with E-state index in [-0.39, 0.29) is 30.5 Å². The van der Waals surface area contributed by atoms with Crippen molar-refractivity contribution < 1.29 is 24.9 Å². The van der Waals surface area contributed by atoms with Crippen LogP contribution in [0.1, 0.15) is 56.1 Å². The molecule has 5 heteroatoms. The Morgan fingerprint density at radius 1 is 1.13 bits per heavy atom. The number of carboxylic acids is 1. The first-order valence-corrected chi connectivity index (χ1v) is 11.4. The number of carboxylic acid groups (broad SMARTS) is 1. The highest BCUT2D eigenvalue weighted by atomic mass is 16.4. The maximum Gasteiger partial charge on any atom is 0.303 e. The standard InChI is InChI=1S/C26H34O5/c27-21(12-11-18-15-19-7-5-6-8-20(19)16-18)13-14-23-22(24(28)17-25(23)29)9-3-1-2-4-10-26(30)31/h1,3,5-8,13-14,18,21-23,25,27,29H,2,4,9-12,15-17H2,(H,30,31)/t21-,22+,23+,25+/m0/s1. The predicted molar refractivity (Wildman–Crippen MR) is 120 cm³/mol. The van der Waals surface area contributed by atoms with E-state index in [9.17, 15) is 19.8 Å². The quantitative estimate of drug-likeness (QED) is 0.369. The molecule has 168 valence electrons. The summed E-state index contributed by atoms with van der Waals surface area (Å²) >= 11 is 0. The average Bonchev–Trinajstić information content (AvgIpc) is 3.27. The average molecular weight is 427 g/mol. The second-order valence-corrected chi connectivity index (χ2v) is 8.99. The lowest BCUT2D eigenvalue weighted by molar-refractivity contribution is -0.137. The molecule has 0 radical (unpaired) electrons. The van der Waals surface area contributed by atoms with E-state index in [2.05, 4.69) is 24.3 Å². The Hall–Kier alpha value is -2.24. The minimum Gasteiger partial charge on any atom is -0.481 e. The zero-order valence-corrected chi connectivity index (χ0v) is 18.0. The highest BCUT2D eigenvalue weighted by molar-refractivity contribution is 5.84. The number of unbranched alkanes of at least 4 members (excludes halogenated alkanes) is 1. The summed E-state index contributed by atoms with van der Waals surface area (Å²) in [5.74, 6) is -0.738. The van der Waals surface area contributed by atoms with Gasteiger partial charge < -0.3 is 15.3 Å². The van der Waals surface area contributed by atoms with Gasteiger partial charge in [0.1, 0.15) is 5.78 Å². The van der Waals surface area contributed by atoms with Crippen LogP contribution in [-0.4, -0.2) is 39.3 Å². The molecule has 1 saturated carbocycles. The third-order valence-electron chi connectivity index (χ3n) is 6.61. The Bertz CT molecular complexity index is 787. The van der Waals surface area contributed by atoms with Crippen LogP contribution in [0.25, 0.3) is 0 Å². The van der Waals surface area contributed by atoms with Crippen LogP contribution in [0.3, 0.4) is 0 Å². The molecule has 0 heterocycles. The lowest BCUT2D eigenvalue weighted by Gasteiger charge is -2.17. The molecule has 0 saturated heterocycles. The fourth-order valence-corrected chi connectivity index (χ4v) is 4.87. The molecular weight excluding hydrogens is 392 g/mol. The second-order valence-electron chi connectivity index (χ2n) is 8.99. The van der Waals surface area contributed by atoms with E-state index < -0.39 is 18.2 Å². The van der Waals surface area contributed by atoms with Gasteiger partial charge in [0.05, 0.1) is 12.2 Å². The van der Waals surface area contributed by atoms with E-state index in [1.54, 1.807) is 6.08 Å². The summed E-state index contributed by atoms with van der Waals surface area (Å²) in [6.07, 6.45) is 12.0. The van der Waals surface area contributed by atoms with E-state index in [1.165, 1.54) is 11.1 Å². The minimum atomic E-state index is -0.802. The highest BCUT2D eigenvalue weighted by Gasteiger charge is 2.39.